The first-order valence-corrected chi connectivity index (χ1v) is 7.52. The predicted molar refractivity (Wildman–Crippen MR) is 96.1 cm³/mol. The molecule has 1 amide bonds. The van der Waals surface area contributed by atoms with Gasteiger partial charge in [0.05, 0.1) is 25.3 Å². The van der Waals surface area contributed by atoms with Gasteiger partial charge in [-0.1, -0.05) is 6.07 Å². The third-order valence-electron chi connectivity index (χ3n) is 3.62. The highest BCUT2D eigenvalue weighted by Gasteiger charge is 2.04. The maximum absolute atomic E-state index is 12.1. The van der Waals surface area contributed by atoms with Crippen LogP contribution in [0.25, 0.3) is 17.1 Å². The van der Waals surface area contributed by atoms with Gasteiger partial charge >= 0.3 is 5.69 Å². The van der Waals surface area contributed by atoms with Crippen molar-refractivity contribution in [2.75, 3.05) is 19.5 Å². The number of amides is 1. The van der Waals surface area contributed by atoms with Crippen molar-refractivity contribution in [1.29, 1.82) is 0 Å². The highest BCUT2D eigenvalue weighted by Crippen LogP contribution is 2.28. The van der Waals surface area contributed by atoms with E-state index in [0.717, 1.165) is 5.56 Å². The summed E-state index contributed by atoms with van der Waals surface area (Å²) in [6.07, 6.45) is 3.10. The number of anilines is 1. The van der Waals surface area contributed by atoms with Gasteiger partial charge in [0.2, 0.25) is 5.91 Å². The quantitative estimate of drug-likeness (QED) is 0.622. The van der Waals surface area contributed by atoms with Crippen molar-refractivity contribution < 1.29 is 14.3 Å². The summed E-state index contributed by atoms with van der Waals surface area (Å²) >= 11 is 0. The van der Waals surface area contributed by atoms with E-state index >= 15 is 0 Å². The molecule has 0 atom stereocenters. The molecule has 0 bridgehead atoms. The number of rotatable bonds is 5. The van der Waals surface area contributed by atoms with Crippen molar-refractivity contribution in [2.24, 2.45) is 0 Å². The summed E-state index contributed by atoms with van der Waals surface area (Å²) in [6, 6.07) is 10.5. The second-order valence-electron chi connectivity index (χ2n) is 5.28. The fourth-order valence-electron chi connectivity index (χ4n) is 2.42. The van der Waals surface area contributed by atoms with Crippen LogP contribution in [-0.2, 0) is 4.79 Å². The first-order valence-electron chi connectivity index (χ1n) is 7.52. The van der Waals surface area contributed by atoms with E-state index in [1.54, 1.807) is 50.6 Å². The molecule has 3 N–H and O–H groups in total. The molecule has 7 nitrogen and oxygen atoms in total. The van der Waals surface area contributed by atoms with Gasteiger partial charge in [0.15, 0.2) is 11.5 Å². The number of aromatic amines is 2. The van der Waals surface area contributed by atoms with Gasteiger partial charge < -0.3 is 24.8 Å². The number of methoxy groups -OCH3 is 2. The van der Waals surface area contributed by atoms with E-state index in [4.69, 9.17) is 9.47 Å². The van der Waals surface area contributed by atoms with Crippen LogP contribution < -0.4 is 20.5 Å². The number of nitrogens with one attached hydrogen (secondary N) is 3. The SMILES string of the molecule is COc1ccc(/C=C/C(=O)Nc2ccc3[nH]c(=O)[nH]c3c2)cc1OC. The minimum absolute atomic E-state index is 0.285. The molecule has 0 aliphatic carbocycles. The van der Waals surface area contributed by atoms with Crippen LogP contribution in [0, 0.1) is 0 Å². The van der Waals surface area contributed by atoms with E-state index in [0.29, 0.717) is 28.2 Å². The van der Waals surface area contributed by atoms with Gasteiger partial charge in [0.1, 0.15) is 0 Å². The Morgan fingerprint density at radius 2 is 1.76 bits per heavy atom. The van der Waals surface area contributed by atoms with Crippen LogP contribution in [0.2, 0.25) is 0 Å². The van der Waals surface area contributed by atoms with Crippen molar-refractivity contribution in [3.63, 3.8) is 0 Å². The molecular weight excluding hydrogens is 322 g/mol. The average molecular weight is 339 g/mol. The highest BCUT2D eigenvalue weighted by molar-refractivity contribution is 6.02. The molecule has 0 saturated heterocycles. The minimum Gasteiger partial charge on any atom is -0.493 e. The van der Waals surface area contributed by atoms with Crippen molar-refractivity contribution >= 4 is 28.7 Å². The van der Waals surface area contributed by atoms with Gasteiger partial charge in [-0.2, -0.15) is 0 Å². The largest absolute Gasteiger partial charge is 0.493 e. The van der Waals surface area contributed by atoms with E-state index in [1.165, 1.54) is 6.08 Å². The molecule has 25 heavy (non-hydrogen) atoms. The Bertz CT molecular complexity index is 1000. The summed E-state index contributed by atoms with van der Waals surface area (Å²) in [7, 11) is 3.12. The summed E-state index contributed by atoms with van der Waals surface area (Å²) in [5, 5.41) is 2.75. The maximum Gasteiger partial charge on any atom is 0.323 e. The van der Waals surface area contributed by atoms with Crippen molar-refractivity contribution in [1.82, 2.24) is 9.97 Å². The summed E-state index contributed by atoms with van der Waals surface area (Å²) in [4.78, 5) is 28.6. The molecule has 2 aromatic carbocycles. The molecular formula is C18H17N3O4. The first-order chi connectivity index (χ1) is 12.1. The molecule has 0 radical (unpaired) electrons. The Hall–Kier alpha value is -3.48. The lowest BCUT2D eigenvalue weighted by Gasteiger charge is -2.07. The van der Waals surface area contributed by atoms with Crippen LogP contribution in [0.1, 0.15) is 5.56 Å². The van der Waals surface area contributed by atoms with E-state index in [1.807, 2.05) is 6.07 Å². The number of fused-ring (bicyclic) bond motifs is 1. The van der Waals surface area contributed by atoms with Crippen molar-refractivity contribution in [3.05, 3.63) is 58.5 Å². The third-order valence-corrected chi connectivity index (χ3v) is 3.62. The Kier molecular flexibility index (Phi) is 4.56. The molecule has 1 aromatic heterocycles. The Morgan fingerprint density at radius 1 is 1.00 bits per heavy atom. The van der Waals surface area contributed by atoms with Gasteiger partial charge in [-0.25, -0.2) is 4.79 Å². The normalized spacial score (nSPS) is 11.0. The zero-order valence-electron chi connectivity index (χ0n) is 13.8. The number of hydrogen-bond donors (Lipinski definition) is 3. The summed E-state index contributed by atoms with van der Waals surface area (Å²) in [5.41, 5.74) is 2.42. The van der Waals surface area contributed by atoms with Gasteiger partial charge in [-0.3, -0.25) is 4.79 Å². The molecule has 0 aliphatic heterocycles. The average Bonchev–Trinajstić information content (AvgIpc) is 2.99. The zero-order valence-corrected chi connectivity index (χ0v) is 13.8. The van der Waals surface area contributed by atoms with E-state index in [-0.39, 0.29) is 11.6 Å². The lowest BCUT2D eigenvalue weighted by Crippen LogP contribution is -2.07. The molecule has 128 valence electrons. The Labute approximate surface area is 143 Å². The predicted octanol–water partition coefficient (Wildman–Crippen LogP) is 2.53. The topological polar surface area (TPSA) is 96.2 Å². The second kappa shape index (κ2) is 6.96. The molecule has 0 unspecified atom stereocenters. The van der Waals surface area contributed by atoms with Crippen LogP contribution in [0.3, 0.4) is 0 Å². The monoisotopic (exact) mass is 339 g/mol. The molecule has 3 rings (SSSR count). The molecule has 7 heteroatoms. The second-order valence-corrected chi connectivity index (χ2v) is 5.28. The molecule has 0 saturated carbocycles. The van der Waals surface area contributed by atoms with Crippen LogP contribution in [0.5, 0.6) is 11.5 Å². The fraction of sp³-hybridized carbons (Fsp3) is 0.111. The lowest BCUT2D eigenvalue weighted by atomic mass is 10.2. The van der Waals surface area contributed by atoms with Gasteiger partial charge in [-0.15, -0.1) is 0 Å². The van der Waals surface area contributed by atoms with Crippen LogP contribution in [-0.4, -0.2) is 30.1 Å². The standard InChI is InChI=1S/C18H17N3O4/c1-24-15-7-3-11(9-16(15)25-2)4-8-17(22)19-12-5-6-13-14(10-12)21-18(23)20-13/h3-10H,1-2H3,(H,19,22)(H2,20,21,23)/b8-4+. The number of benzene rings is 2. The fourth-order valence-corrected chi connectivity index (χ4v) is 2.42. The van der Waals surface area contributed by atoms with Crippen LogP contribution >= 0.6 is 0 Å². The van der Waals surface area contributed by atoms with Crippen molar-refractivity contribution in [3.8, 4) is 11.5 Å². The number of carbonyl (C=O) groups is 1. The summed E-state index contributed by atoms with van der Waals surface area (Å²) < 4.78 is 10.4. The first kappa shape index (κ1) is 16.4. The number of H-pyrrole nitrogens is 2. The Morgan fingerprint density at radius 3 is 2.52 bits per heavy atom. The number of ether oxygens (including phenoxy) is 2. The van der Waals surface area contributed by atoms with Crippen LogP contribution in [0.15, 0.2) is 47.3 Å². The van der Waals surface area contributed by atoms with E-state index in [2.05, 4.69) is 15.3 Å². The van der Waals surface area contributed by atoms with E-state index in [9.17, 15) is 9.59 Å². The smallest absolute Gasteiger partial charge is 0.323 e. The summed E-state index contributed by atoms with van der Waals surface area (Å²) in [5.74, 6) is 0.928. The highest BCUT2D eigenvalue weighted by atomic mass is 16.5. The van der Waals surface area contributed by atoms with Gasteiger partial charge in [0.25, 0.3) is 0 Å². The molecule has 0 fully saturated rings. The van der Waals surface area contributed by atoms with Gasteiger partial charge in [-0.05, 0) is 42.0 Å². The Balaban J connectivity index is 1.72. The number of carbonyl (C=O) groups excluding carboxylic acids is 1. The summed E-state index contributed by atoms with van der Waals surface area (Å²) in [6.45, 7) is 0. The lowest BCUT2D eigenvalue weighted by molar-refractivity contribution is -0.111. The number of hydrogen-bond acceptors (Lipinski definition) is 4. The number of aromatic nitrogens is 2. The molecule has 1 heterocycles. The maximum atomic E-state index is 12.1. The molecule has 3 aromatic rings. The van der Waals surface area contributed by atoms with Crippen molar-refractivity contribution in [2.45, 2.75) is 0 Å². The molecule has 0 aliphatic rings. The minimum atomic E-state index is -0.285. The van der Waals surface area contributed by atoms with Crippen LogP contribution in [0.4, 0.5) is 5.69 Å². The third kappa shape index (κ3) is 3.72. The zero-order chi connectivity index (χ0) is 17.8. The van der Waals surface area contributed by atoms with Gasteiger partial charge in [0, 0.05) is 11.8 Å². The molecule has 0 spiro atoms. The van der Waals surface area contributed by atoms with E-state index < -0.39 is 0 Å². The number of imidazole rings is 1.